The van der Waals surface area contributed by atoms with Crippen molar-refractivity contribution in [2.75, 3.05) is 0 Å². The molecule has 0 radical (unpaired) electrons. The van der Waals surface area contributed by atoms with E-state index in [-0.39, 0.29) is 12.1 Å². The fraction of sp³-hybridized carbons (Fsp3) is 0.929. The maximum atomic E-state index is 10.9. The summed E-state index contributed by atoms with van der Waals surface area (Å²) in [6.45, 7) is 8.08. The average molecular weight is 228 g/mol. The molecule has 1 unspecified atom stereocenters. The first-order chi connectivity index (χ1) is 7.56. The molecular formula is C14H28O2. The molecule has 0 fully saturated rings. The van der Waals surface area contributed by atoms with E-state index < -0.39 is 0 Å². The lowest BCUT2D eigenvalue weighted by molar-refractivity contribution is -0.147. The fourth-order valence-corrected chi connectivity index (χ4v) is 1.96. The van der Waals surface area contributed by atoms with Crippen LogP contribution < -0.4 is 0 Å². The number of hydrogen-bond acceptors (Lipinski definition) is 2. The zero-order valence-electron chi connectivity index (χ0n) is 11.4. The van der Waals surface area contributed by atoms with Crippen LogP contribution in [0.15, 0.2) is 0 Å². The van der Waals surface area contributed by atoms with Crippen molar-refractivity contribution in [2.24, 2.45) is 5.92 Å². The molecule has 1 atom stereocenters. The monoisotopic (exact) mass is 228 g/mol. The third kappa shape index (κ3) is 10.0. The van der Waals surface area contributed by atoms with Gasteiger partial charge < -0.3 is 4.74 Å². The molecule has 0 spiro atoms. The van der Waals surface area contributed by atoms with Crippen LogP contribution in [0.25, 0.3) is 0 Å². The van der Waals surface area contributed by atoms with Gasteiger partial charge in [-0.05, 0) is 25.2 Å². The fourth-order valence-electron chi connectivity index (χ4n) is 1.96. The topological polar surface area (TPSA) is 26.3 Å². The van der Waals surface area contributed by atoms with E-state index >= 15 is 0 Å². The molecule has 0 aliphatic rings. The van der Waals surface area contributed by atoms with Gasteiger partial charge in [-0.1, -0.05) is 46.5 Å². The molecule has 0 rings (SSSR count). The average Bonchev–Trinajstić information content (AvgIpc) is 2.15. The molecular weight excluding hydrogens is 200 g/mol. The molecule has 0 saturated carbocycles. The van der Waals surface area contributed by atoms with E-state index in [0.717, 1.165) is 12.8 Å². The third-order valence-corrected chi connectivity index (χ3v) is 2.70. The summed E-state index contributed by atoms with van der Waals surface area (Å²) in [5.41, 5.74) is 0. The Bertz CT molecular complexity index is 176. The van der Waals surface area contributed by atoms with E-state index in [2.05, 4.69) is 20.8 Å². The number of carbonyl (C=O) groups excluding carboxylic acids is 1. The molecule has 0 heterocycles. The number of ether oxygens (including phenoxy) is 1. The van der Waals surface area contributed by atoms with Gasteiger partial charge in [-0.15, -0.1) is 0 Å². The minimum Gasteiger partial charge on any atom is -0.463 e. The zero-order chi connectivity index (χ0) is 12.4. The molecule has 0 aliphatic carbocycles. The lowest BCUT2D eigenvalue weighted by Crippen LogP contribution is -2.18. The summed E-state index contributed by atoms with van der Waals surface area (Å²) >= 11 is 0. The van der Waals surface area contributed by atoms with Gasteiger partial charge in [0.2, 0.25) is 0 Å². The minimum absolute atomic E-state index is 0.138. The van der Waals surface area contributed by atoms with Crippen LogP contribution in [0.3, 0.4) is 0 Å². The Morgan fingerprint density at radius 1 is 1.12 bits per heavy atom. The summed E-state index contributed by atoms with van der Waals surface area (Å²) in [4.78, 5) is 10.9. The molecule has 2 nitrogen and oxygen atoms in total. The van der Waals surface area contributed by atoms with Gasteiger partial charge in [0.15, 0.2) is 0 Å². The van der Waals surface area contributed by atoms with Gasteiger partial charge in [0, 0.05) is 6.92 Å². The van der Waals surface area contributed by atoms with Crippen molar-refractivity contribution in [1.29, 1.82) is 0 Å². The molecule has 0 aromatic rings. The Kier molecular flexibility index (Phi) is 9.36. The summed E-state index contributed by atoms with van der Waals surface area (Å²) in [5, 5.41) is 0. The summed E-state index contributed by atoms with van der Waals surface area (Å²) < 4.78 is 5.33. The van der Waals surface area contributed by atoms with Gasteiger partial charge >= 0.3 is 5.97 Å². The number of esters is 1. The first-order valence-electron chi connectivity index (χ1n) is 6.73. The first-order valence-corrected chi connectivity index (χ1v) is 6.73. The van der Waals surface area contributed by atoms with Crippen LogP contribution in [-0.2, 0) is 9.53 Å². The SMILES string of the molecule is CCCCCCCC(CC(C)C)OC(C)=O. The number of hydrogen-bond donors (Lipinski definition) is 0. The second-order valence-corrected chi connectivity index (χ2v) is 5.06. The third-order valence-electron chi connectivity index (χ3n) is 2.70. The summed E-state index contributed by atoms with van der Waals surface area (Å²) in [5.74, 6) is 0.458. The molecule has 0 amide bonds. The van der Waals surface area contributed by atoms with Crippen LogP contribution in [0.5, 0.6) is 0 Å². The normalized spacial score (nSPS) is 12.8. The van der Waals surface area contributed by atoms with Gasteiger partial charge in [0.25, 0.3) is 0 Å². The first kappa shape index (κ1) is 15.5. The highest BCUT2D eigenvalue weighted by Crippen LogP contribution is 2.16. The van der Waals surface area contributed by atoms with Gasteiger partial charge in [-0.3, -0.25) is 4.79 Å². The molecule has 16 heavy (non-hydrogen) atoms. The standard InChI is InChI=1S/C14H28O2/c1-5-6-7-8-9-10-14(11-12(2)3)16-13(4)15/h12,14H,5-11H2,1-4H3. The number of carbonyl (C=O) groups is 1. The van der Waals surface area contributed by atoms with Gasteiger partial charge in [0.05, 0.1) is 0 Å². The van der Waals surface area contributed by atoms with Crippen LogP contribution in [-0.4, -0.2) is 12.1 Å². The number of rotatable bonds is 9. The highest BCUT2D eigenvalue weighted by atomic mass is 16.5. The Labute approximate surface area is 101 Å². The quantitative estimate of drug-likeness (QED) is 0.434. The Morgan fingerprint density at radius 2 is 1.75 bits per heavy atom. The molecule has 96 valence electrons. The van der Waals surface area contributed by atoms with Crippen LogP contribution in [0.4, 0.5) is 0 Å². The maximum Gasteiger partial charge on any atom is 0.302 e. The van der Waals surface area contributed by atoms with E-state index in [1.807, 2.05) is 0 Å². The predicted molar refractivity (Wildman–Crippen MR) is 68.4 cm³/mol. The highest BCUT2D eigenvalue weighted by molar-refractivity contribution is 5.66. The highest BCUT2D eigenvalue weighted by Gasteiger charge is 2.13. The Morgan fingerprint density at radius 3 is 2.25 bits per heavy atom. The largest absolute Gasteiger partial charge is 0.463 e. The van der Waals surface area contributed by atoms with E-state index in [0.29, 0.717) is 5.92 Å². The molecule has 0 saturated heterocycles. The summed E-state index contributed by atoms with van der Waals surface area (Å²) in [6, 6.07) is 0. The maximum absolute atomic E-state index is 10.9. The van der Waals surface area contributed by atoms with Crippen LogP contribution in [0.1, 0.15) is 72.6 Å². The molecule has 2 heteroatoms. The Hall–Kier alpha value is -0.530. The van der Waals surface area contributed by atoms with E-state index in [4.69, 9.17) is 4.74 Å². The van der Waals surface area contributed by atoms with Crippen LogP contribution in [0.2, 0.25) is 0 Å². The lowest BCUT2D eigenvalue weighted by Gasteiger charge is -2.18. The van der Waals surface area contributed by atoms with E-state index in [1.54, 1.807) is 0 Å². The molecule has 0 bridgehead atoms. The number of unbranched alkanes of at least 4 members (excludes halogenated alkanes) is 4. The smallest absolute Gasteiger partial charge is 0.302 e. The summed E-state index contributed by atoms with van der Waals surface area (Å²) in [7, 11) is 0. The minimum atomic E-state index is -0.140. The van der Waals surface area contributed by atoms with Crippen molar-refractivity contribution in [3.63, 3.8) is 0 Å². The predicted octanol–water partition coefficient (Wildman–Crippen LogP) is 4.32. The van der Waals surface area contributed by atoms with E-state index in [1.165, 1.54) is 39.0 Å². The molecule has 0 aromatic carbocycles. The molecule has 0 N–H and O–H groups in total. The van der Waals surface area contributed by atoms with Gasteiger partial charge in [-0.2, -0.15) is 0 Å². The molecule has 0 aromatic heterocycles. The summed E-state index contributed by atoms with van der Waals surface area (Å²) in [6.07, 6.45) is 8.52. The lowest BCUT2D eigenvalue weighted by atomic mass is 10.0. The molecule has 0 aliphatic heterocycles. The van der Waals surface area contributed by atoms with Gasteiger partial charge in [0.1, 0.15) is 6.10 Å². The van der Waals surface area contributed by atoms with Crippen molar-refractivity contribution in [3.8, 4) is 0 Å². The van der Waals surface area contributed by atoms with Crippen molar-refractivity contribution >= 4 is 5.97 Å². The van der Waals surface area contributed by atoms with Crippen molar-refractivity contribution < 1.29 is 9.53 Å². The second-order valence-electron chi connectivity index (χ2n) is 5.06. The van der Waals surface area contributed by atoms with Gasteiger partial charge in [-0.25, -0.2) is 0 Å². The van der Waals surface area contributed by atoms with Crippen LogP contribution >= 0.6 is 0 Å². The zero-order valence-corrected chi connectivity index (χ0v) is 11.4. The Balaban J connectivity index is 3.69. The van der Waals surface area contributed by atoms with Crippen LogP contribution in [0, 0.1) is 5.92 Å². The van der Waals surface area contributed by atoms with Crippen molar-refractivity contribution in [1.82, 2.24) is 0 Å². The van der Waals surface area contributed by atoms with E-state index in [9.17, 15) is 4.79 Å². The second kappa shape index (κ2) is 9.68. The van der Waals surface area contributed by atoms with Crippen molar-refractivity contribution in [3.05, 3.63) is 0 Å². The van der Waals surface area contributed by atoms with Crippen molar-refractivity contribution in [2.45, 2.75) is 78.7 Å².